The Labute approximate surface area is 153 Å². The number of esters is 1. The van der Waals surface area contributed by atoms with Gasteiger partial charge in [0.25, 0.3) is 0 Å². The third kappa shape index (κ3) is 4.54. The molecule has 0 aliphatic rings. The van der Waals surface area contributed by atoms with E-state index in [0.717, 1.165) is 15.8 Å². The lowest BCUT2D eigenvalue weighted by molar-refractivity contribution is 0.0601. The molecule has 0 bridgehead atoms. The number of anilines is 4. The minimum atomic E-state index is -0.366. The van der Waals surface area contributed by atoms with Crippen LogP contribution in [0.4, 0.5) is 23.1 Å². The Balaban J connectivity index is 1.71. The maximum Gasteiger partial charge on any atom is 0.337 e. The molecule has 0 atom stereocenters. The van der Waals surface area contributed by atoms with Crippen LogP contribution in [0, 0.1) is 0 Å². The van der Waals surface area contributed by atoms with Gasteiger partial charge in [0.1, 0.15) is 5.82 Å². The highest BCUT2D eigenvalue weighted by Gasteiger charge is 2.05. The average Bonchev–Trinajstić information content (AvgIpc) is 2.64. The molecule has 0 aliphatic heterocycles. The van der Waals surface area contributed by atoms with E-state index in [-0.39, 0.29) is 5.97 Å². The Morgan fingerprint density at radius 3 is 2.28 bits per heavy atom. The molecule has 2 N–H and O–H groups in total. The molecule has 3 rings (SSSR count). The first-order valence-electron chi connectivity index (χ1n) is 7.45. The van der Waals surface area contributed by atoms with Crippen molar-refractivity contribution in [2.75, 3.05) is 17.7 Å². The minimum Gasteiger partial charge on any atom is -0.465 e. The smallest absolute Gasteiger partial charge is 0.337 e. The monoisotopic (exact) mass is 398 g/mol. The molecule has 7 heteroatoms. The summed E-state index contributed by atoms with van der Waals surface area (Å²) in [5.74, 6) is 0.758. The van der Waals surface area contributed by atoms with Crippen molar-refractivity contribution in [1.82, 2.24) is 9.97 Å². The summed E-state index contributed by atoms with van der Waals surface area (Å²) >= 11 is 3.40. The first-order chi connectivity index (χ1) is 12.1. The number of aromatic nitrogens is 2. The number of carbonyl (C=O) groups excluding carboxylic acids is 1. The van der Waals surface area contributed by atoms with E-state index in [0.29, 0.717) is 17.3 Å². The van der Waals surface area contributed by atoms with Crippen LogP contribution in [-0.4, -0.2) is 23.0 Å². The van der Waals surface area contributed by atoms with Crippen LogP contribution in [0.5, 0.6) is 0 Å². The lowest BCUT2D eigenvalue weighted by Gasteiger charge is -2.09. The molecule has 0 amide bonds. The summed E-state index contributed by atoms with van der Waals surface area (Å²) in [5.41, 5.74) is 2.19. The van der Waals surface area contributed by atoms with Crippen molar-refractivity contribution >= 4 is 45.0 Å². The van der Waals surface area contributed by atoms with Crippen LogP contribution in [0.2, 0.25) is 0 Å². The van der Waals surface area contributed by atoms with Crippen LogP contribution in [-0.2, 0) is 4.74 Å². The number of ether oxygens (including phenoxy) is 1. The first kappa shape index (κ1) is 16.9. The molecule has 0 saturated carbocycles. The number of hydrogen-bond acceptors (Lipinski definition) is 6. The SMILES string of the molecule is COC(=O)c1ccc(Nc2ccnc(Nc3ccc(Br)cc3)n2)cc1. The molecule has 0 unspecified atom stereocenters. The third-order valence-corrected chi connectivity index (χ3v) is 3.86. The van der Waals surface area contributed by atoms with E-state index in [4.69, 9.17) is 0 Å². The Kier molecular flexibility index (Phi) is 5.25. The van der Waals surface area contributed by atoms with Crippen molar-refractivity contribution in [2.24, 2.45) is 0 Å². The fourth-order valence-corrected chi connectivity index (χ4v) is 2.37. The Morgan fingerprint density at radius 2 is 1.60 bits per heavy atom. The fraction of sp³-hybridized carbons (Fsp3) is 0.0556. The Bertz CT molecular complexity index is 867. The van der Waals surface area contributed by atoms with E-state index < -0.39 is 0 Å². The van der Waals surface area contributed by atoms with Crippen LogP contribution in [0.15, 0.2) is 65.3 Å². The van der Waals surface area contributed by atoms with Crippen LogP contribution in [0.3, 0.4) is 0 Å². The van der Waals surface area contributed by atoms with Gasteiger partial charge in [0, 0.05) is 22.0 Å². The summed E-state index contributed by atoms with van der Waals surface area (Å²) in [7, 11) is 1.36. The molecule has 3 aromatic rings. The van der Waals surface area contributed by atoms with Crippen LogP contribution in [0.1, 0.15) is 10.4 Å². The van der Waals surface area contributed by atoms with E-state index >= 15 is 0 Å². The molecule has 2 aromatic carbocycles. The van der Waals surface area contributed by atoms with Gasteiger partial charge in [0.2, 0.25) is 5.95 Å². The van der Waals surface area contributed by atoms with Gasteiger partial charge in [0.15, 0.2) is 0 Å². The predicted octanol–water partition coefficient (Wildman–Crippen LogP) is 4.51. The summed E-state index contributed by atoms with van der Waals surface area (Å²) in [4.78, 5) is 20.1. The highest BCUT2D eigenvalue weighted by atomic mass is 79.9. The van der Waals surface area contributed by atoms with Crippen LogP contribution in [0.25, 0.3) is 0 Å². The Morgan fingerprint density at radius 1 is 0.960 bits per heavy atom. The van der Waals surface area contributed by atoms with Gasteiger partial charge in [-0.15, -0.1) is 0 Å². The molecule has 1 heterocycles. The van der Waals surface area contributed by atoms with Gasteiger partial charge in [-0.2, -0.15) is 4.98 Å². The van der Waals surface area contributed by atoms with Gasteiger partial charge in [-0.05, 0) is 54.6 Å². The fourth-order valence-electron chi connectivity index (χ4n) is 2.11. The summed E-state index contributed by atoms with van der Waals surface area (Å²) in [5, 5.41) is 6.32. The van der Waals surface area contributed by atoms with Crippen molar-refractivity contribution in [1.29, 1.82) is 0 Å². The van der Waals surface area contributed by atoms with E-state index in [1.807, 2.05) is 24.3 Å². The lowest BCUT2D eigenvalue weighted by atomic mass is 10.2. The second kappa shape index (κ2) is 7.76. The number of nitrogens with zero attached hydrogens (tertiary/aromatic N) is 2. The number of rotatable bonds is 5. The summed E-state index contributed by atoms with van der Waals surface area (Å²) in [6.07, 6.45) is 1.67. The van der Waals surface area contributed by atoms with E-state index in [1.54, 1.807) is 36.5 Å². The third-order valence-electron chi connectivity index (χ3n) is 3.33. The molecular weight excluding hydrogens is 384 g/mol. The standard InChI is InChI=1S/C18H15BrN4O2/c1-25-17(24)12-2-6-14(7-3-12)21-16-10-11-20-18(23-16)22-15-8-4-13(19)5-9-15/h2-11H,1H3,(H2,20,21,22,23). The molecule has 0 fully saturated rings. The zero-order valence-electron chi connectivity index (χ0n) is 13.4. The lowest BCUT2D eigenvalue weighted by Crippen LogP contribution is -2.02. The molecule has 25 heavy (non-hydrogen) atoms. The molecule has 0 aliphatic carbocycles. The number of methoxy groups -OCH3 is 1. The number of carbonyl (C=O) groups is 1. The second-order valence-electron chi connectivity index (χ2n) is 5.09. The molecule has 0 radical (unpaired) electrons. The van der Waals surface area contributed by atoms with E-state index in [2.05, 4.69) is 41.3 Å². The summed E-state index contributed by atoms with van der Waals surface area (Å²) in [6.45, 7) is 0. The number of benzene rings is 2. The summed E-state index contributed by atoms with van der Waals surface area (Å²) in [6, 6.07) is 16.5. The van der Waals surface area contributed by atoms with Crippen molar-refractivity contribution in [3.8, 4) is 0 Å². The van der Waals surface area contributed by atoms with Gasteiger partial charge >= 0.3 is 5.97 Å². The minimum absolute atomic E-state index is 0.366. The van der Waals surface area contributed by atoms with Crippen molar-refractivity contribution in [3.63, 3.8) is 0 Å². The van der Waals surface area contributed by atoms with Crippen molar-refractivity contribution in [2.45, 2.75) is 0 Å². The summed E-state index contributed by atoms with van der Waals surface area (Å²) < 4.78 is 5.69. The number of nitrogens with one attached hydrogen (secondary N) is 2. The van der Waals surface area contributed by atoms with Gasteiger partial charge < -0.3 is 15.4 Å². The highest BCUT2D eigenvalue weighted by molar-refractivity contribution is 9.10. The van der Waals surface area contributed by atoms with E-state index in [1.165, 1.54) is 7.11 Å². The second-order valence-corrected chi connectivity index (χ2v) is 6.01. The maximum absolute atomic E-state index is 11.4. The molecular formula is C18H15BrN4O2. The molecule has 1 aromatic heterocycles. The quantitative estimate of drug-likeness (QED) is 0.615. The Hall–Kier alpha value is -2.93. The normalized spacial score (nSPS) is 10.2. The van der Waals surface area contributed by atoms with Crippen molar-refractivity contribution in [3.05, 3.63) is 70.8 Å². The van der Waals surface area contributed by atoms with Gasteiger partial charge in [-0.1, -0.05) is 15.9 Å². The first-order valence-corrected chi connectivity index (χ1v) is 8.24. The van der Waals surface area contributed by atoms with Crippen molar-refractivity contribution < 1.29 is 9.53 Å². The molecule has 6 nitrogen and oxygen atoms in total. The zero-order valence-corrected chi connectivity index (χ0v) is 14.9. The topological polar surface area (TPSA) is 76.1 Å². The van der Waals surface area contributed by atoms with Gasteiger partial charge in [0.05, 0.1) is 12.7 Å². The largest absolute Gasteiger partial charge is 0.465 e. The van der Waals surface area contributed by atoms with Gasteiger partial charge in [-0.3, -0.25) is 0 Å². The predicted molar refractivity (Wildman–Crippen MR) is 101 cm³/mol. The zero-order chi connectivity index (χ0) is 17.6. The van der Waals surface area contributed by atoms with Crippen LogP contribution < -0.4 is 10.6 Å². The average molecular weight is 399 g/mol. The molecule has 126 valence electrons. The van der Waals surface area contributed by atoms with Crippen LogP contribution >= 0.6 is 15.9 Å². The highest BCUT2D eigenvalue weighted by Crippen LogP contribution is 2.19. The number of hydrogen-bond donors (Lipinski definition) is 2. The number of halogens is 1. The maximum atomic E-state index is 11.4. The molecule has 0 saturated heterocycles. The molecule has 0 spiro atoms. The van der Waals surface area contributed by atoms with E-state index in [9.17, 15) is 4.79 Å². The van der Waals surface area contributed by atoms with Gasteiger partial charge in [-0.25, -0.2) is 9.78 Å².